The van der Waals surface area contributed by atoms with Gasteiger partial charge in [0.2, 0.25) is 0 Å². The van der Waals surface area contributed by atoms with E-state index in [1.165, 1.54) is 19.4 Å². The Morgan fingerprint density at radius 1 is 1.19 bits per heavy atom. The molecule has 1 aliphatic heterocycles. The van der Waals surface area contributed by atoms with Gasteiger partial charge in [-0.25, -0.2) is 0 Å². The molecule has 94 valence electrons. The quantitative estimate of drug-likeness (QED) is 0.474. The average Bonchev–Trinajstić information content (AvgIpc) is 2.27. The van der Waals surface area contributed by atoms with E-state index in [2.05, 4.69) is 21.6 Å². The van der Waals surface area contributed by atoms with Crippen LogP contribution in [0.5, 0.6) is 0 Å². The Hall–Kier alpha value is -0.880. The zero-order valence-corrected chi connectivity index (χ0v) is 9.93. The van der Waals surface area contributed by atoms with E-state index in [9.17, 15) is 10.1 Å². The summed E-state index contributed by atoms with van der Waals surface area (Å²) >= 11 is 0. The van der Waals surface area contributed by atoms with E-state index in [1.807, 2.05) is 0 Å². The normalized spacial score (nSPS) is 18.6. The topological polar surface area (TPSA) is 58.8 Å². The Bertz CT molecular complexity index is 205. The van der Waals surface area contributed by atoms with Crippen LogP contribution in [-0.2, 0) is 4.84 Å². The van der Waals surface area contributed by atoms with Gasteiger partial charge in [0.15, 0.2) is 0 Å². The molecule has 0 aromatic rings. The van der Waals surface area contributed by atoms with Crippen LogP contribution in [0.4, 0.5) is 0 Å². The molecule has 16 heavy (non-hydrogen) atoms. The first-order chi connectivity index (χ1) is 7.72. The molecular formula is C10H21N3O3. The number of nitrogens with zero attached hydrogens (tertiary/aromatic N) is 3. The summed E-state index contributed by atoms with van der Waals surface area (Å²) in [5, 5.41) is 9.24. The second kappa shape index (κ2) is 7.40. The number of unbranched alkanes of at least 4 members (excludes halogenated alkanes) is 1. The highest BCUT2D eigenvalue weighted by Crippen LogP contribution is 2.03. The highest BCUT2D eigenvalue weighted by atomic mass is 16.9. The maximum absolute atomic E-state index is 9.97. The number of hydrogen-bond donors (Lipinski definition) is 0. The second-order valence-electron chi connectivity index (χ2n) is 4.09. The SMILES string of the molecule is CCCCN1CCN(CCO[N+](=O)[O-])CC1. The minimum absolute atomic E-state index is 0.183. The van der Waals surface area contributed by atoms with Gasteiger partial charge in [-0.2, -0.15) is 0 Å². The van der Waals surface area contributed by atoms with E-state index in [-0.39, 0.29) is 6.61 Å². The van der Waals surface area contributed by atoms with E-state index in [0.29, 0.717) is 6.54 Å². The Morgan fingerprint density at radius 2 is 1.75 bits per heavy atom. The summed E-state index contributed by atoms with van der Waals surface area (Å²) in [5.41, 5.74) is 0. The van der Waals surface area contributed by atoms with Gasteiger partial charge in [-0.1, -0.05) is 13.3 Å². The van der Waals surface area contributed by atoms with Crippen molar-refractivity contribution < 1.29 is 9.92 Å². The number of piperazine rings is 1. The summed E-state index contributed by atoms with van der Waals surface area (Å²) < 4.78 is 0. The molecular weight excluding hydrogens is 210 g/mol. The second-order valence-corrected chi connectivity index (χ2v) is 4.09. The molecule has 0 N–H and O–H groups in total. The molecule has 0 aliphatic carbocycles. The molecule has 0 bridgehead atoms. The highest BCUT2D eigenvalue weighted by molar-refractivity contribution is 4.71. The molecule has 0 unspecified atom stereocenters. The lowest BCUT2D eigenvalue weighted by Gasteiger charge is -2.34. The summed E-state index contributed by atoms with van der Waals surface area (Å²) in [7, 11) is 0. The Balaban J connectivity index is 2.05. The van der Waals surface area contributed by atoms with Crippen molar-refractivity contribution in [3.63, 3.8) is 0 Å². The van der Waals surface area contributed by atoms with Crippen molar-refractivity contribution in [3.05, 3.63) is 10.1 Å². The first-order valence-electron chi connectivity index (χ1n) is 5.94. The fourth-order valence-electron chi connectivity index (χ4n) is 1.86. The van der Waals surface area contributed by atoms with Crippen LogP contribution in [0.25, 0.3) is 0 Å². The van der Waals surface area contributed by atoms with Crippen molar-refractivity contribution in [1.82, 2.24) is 9.80 Å². The van der Waals surface area contributed by atoms with Gasteiger partial charge in [0, 0.05) is 32.7 Å². The molecule has 0 aromatic heterocycles. The summed E-state index contributed by atoms with van der Waals surface area (Å²) in [6.45, 7) is 8.33. The summed E-state index contributed by atoms with van der Waals surface area (Å²) in [4.78, 5) is 18.9. The smallest absolute Gasteiger partial charge is 0.294 e. The maximum Gasteiger partial charge on any atom is 0.294 e. The van der Waals surface area contributed by atoms with Gasteiger partial charge in [0.25, 0.3) is 5.09 Å². The molecule has 1 aliphatic rings. The molecule has 1 saturated heterocycles. The van der Waals surface area contributed by atoms with Crippen LogP contribution in [0.1, 0.15) is 19.8 Å². The summed E-state index contributed by atoms with van der Waals surface area (Å²) in [5.74, 6) is 0. The largest absolute Gasteiger partial charge is 0.313 e. The van der Waals surface area contributed by atoms with Crippen LogP contribution in [0.2, 0.25) is 0 Å². The summed E-state index contributed by atoms with van der Waals surface area (Å²) in [6, 6.07) is 0. The van der Waals surface area contributed by atoms with Crippen LogP contribution in [0, 0.1) is 10.1 Å². The maximum atomic E-state index is 9.97. The van der Waals surface area contributed by atoms with Crippen LogP contribution >= 0.6 is 0 Å². The van der Waals surface area contributed by atoms with E-state index >= 15 is 0 Å². The van der Waals surface area contributed by atoms with Crippen LogP contribution < -0.4 is 0 Å². The van der Waals surface area contributed by atoms with E-state index < -0.39 is 5.09 Å². The minimum atomic E-state index is -0.725. The Labute approximate surface area is 96.3 Å². The lowest BCUT2D eigenvalue weighted by atomic mass is 10.2. The minimum Gasteiger partial charge on any atom is -0.313 e. The van der Waals surface area contributed by atoms with Gasteiger partial charge < -0.3 is 9.74 Å². The fourth-order valence-corrected chi connectivity index (χ4v) is 1.86. The molecule has 6 heteroatoms. The monoisotopic (exact) mass is 231 g/mol. The van der Waals surface area contributed by atoms with Crippen molar-refractivity contribution in [2.24, 2.45) is 0 Å². The first kappa shape index (κ1) is 13.2. The third-order valence-corrected chi connectivity index (χ3v) is 2.90. The molecule has 0 saturated carbocycles. The van der Waals surface area contributed by atoms with Crippen LogP contribution in [-0.4, -0.2) is 60.8 Å². The Kier molecular flexibility index (Phi) is 6.10. The standard InChI is InChI=1S/C10H21N3O3/c1-2-3-4-11-5-7-12(8-6-11)9-10-16-13(14)15/h2-10H2,1H3. The lowest BCUT2D eigenvalue weighted by molar-refractivity contribution is -0.757. The highest BCUT2D eigenvalue weighted by Gasteiger charge is 2.15. The molecule has 1 rings (SSSR count). The van der Waals surface area contributed by atoms with Gasteiger partial charge in [-0.15, -0.1) is 10.1 Å². The molecule has 1 heterocycles. The van der Waals surface area contributed by atoms with Gasteiger partial charge in [-0.05, 0) is 13.0 Å². The zero-order chi connectivity index (χ0) is 11.8. The van der Waals surface area contributed by atoms with Crippen molar-refractivity contribution in [1.29, 1.82) is 0 Å². The molecule has 0 radical (unpaired) electrons. The van der Waals surface area contributed by atoms with Crippen LogP contribution in [0.15, 0.2) is 0 Å². The van der Waals surface area contributed by atoms with E-state index in [0.717, 1.165) is 26.2 Å². The van der Waals surface area contributed by atoms with Crippen LogP contribution in [0.3, 0.4) is 0 Å². The predicted molar refractivity (Wildman–Crippen MR) is 60.7 cm³/mol. The summed E-state index contributed by atoms with van der Waals surface area (Å²) in [6.07, 6.45) is 2.49. The predicted octanol–water partition coefficient (Wildman–Crippen LogP) is 0.612. The van der Waals surface area contributed by atoms with Gasteiger partial charge in [0.1, 0.15) is 6.61 Å². The molecule has 6 nitrogen and oxygen atoms in total. The average molecular weight is 231 g/mol. The number of hydrogen-bond acceptors (Lipinski definition) is 5. The van der Waals surface area contributed by atoms with Gasteiger partial charge in [-0.3, -0.25) is 4.90 Å². The lowest BCUT2D eigenvalue weighted by Crippen LogP contribution is -2.47. The van der Waals surface area contributed by atoms with Crippen molar-refractivity contribution in [3.8, 4) is 0 Å². The third-order valence-electron chi connectivity index (χ3n) is 2.90. The molecule has 1 fully saturated rings. The fraction of sp³-hybridized carbons (Fsp3) is 1.00. The van der Waals surface area contributed by atoms with Crippen molar-refractivity contribution >= 4 is 0 Å². The van der Waals surface area contributed by atoms with Crippen molar-refractivity contribution in [2.75, 3.05) is 45.9 Å². The number of rotatable bonds is 7. The van der Waals surface area contributed by atoms with E-state index in [1.54, 1.807) is 0 Å². The van der Waals surface area contributed by atoms with E-state index in [4.69, 9.17) is 0 Å². The first-order valence-corrected chi connectivity index (χ1v) is 5.94. The zero-order valence-electron chi connectivity index (χ0n) is 9.93. The van der Waals surface area contributed by atoms with Crippen molar-refractivity contribution in [2.45, 2.75) is 19.8 Å². The third kappa shape index (κ3) is 5.27. The van der Waals surface area contributed by atoms with Gasteiger partial charge in [0.05, 0.1) is 0 Å². The Morgan fingerprint density at radius 3 is 2.25 bits per heavy atom. The van der Waals surface area contributed by atoms with Gasteiger partial charge >= 0.3 is 0 Å². The molecule has 0 spiro atoms. The molecule has 0 aromatic carbocycles. The molecule has 0 atom stereocenters. The molecule has 0 amide bonds.